The van der Waals surface area contributed by atoms with E-state index in [2.05, 4.69) is 6.92 Å². The van der Waals surface area contributed by atoms with Crippen molar-refractivity contribution >= 4 is 12.0 Å². The van der Waals surface area contributed by atoms with Gasteiger partial charge >= 0.3 is 12.0 Å². The highest BCUT2D eigenvalue weighted by atomic mass is 16.4. The number of carboxylic acids is 1. The third-order valence-corrected chi connectivity index (χ3v) is 3.51. The summed E-state index contributed by atoms with van der Waals surface area (Å²) in [6.45, 7) is 3.47. The van der Waals surface area contributed by atoms with E-state index in [0.717, 1.165) is 31.8 Å². The molecule has 104 valence electrons. The van der Waals surface area contributed by atoms with Gasteiger partial charge in [-0.05, 0) is 25.2 Å². The first-order valence-electron chi connectivity index (χ1n) is 6.76. The van der Waals surface area contributed by atoms with E-state index in [1.54, 1.807) is 11.9 Å². The predicted molar refractivity (Wildman–Crippen MR) is 69.5 cm³/mol. The number of urea groups is 1. The van der Waals surface area contributed by atoms with E-state index >= 15 is 0 Å². The van der Waals surface area contributed by atoms with Crippen LogP contribution in [0.25, 0.3) is 0 Å². The van der Waals surface area contributed by atoms with Gasteiger partial charge in [0.1, 0.15) is 6.54 Å². The maximum Gasteiger partial charge on any atom is 0.323 e. The van der Waals surface area contributed by atoms with Gasteiger partial charge in [-0.1, -0.05) is 19.8 Å². The summed E-state index contributed by atoms with van der Waals surface area (Å²) in [6, 6.07) is -0.158. The van der Waals surface area contributed by atoms with Gasteiger partial charge in [-0.3, -0.25) is 4.79 Å². The average molecular weight is 256 g/mol. The first kappa shape index (κ1) is 14.8. The summed E-state index contributed by atoms with van der Waals surface area (Å²) >= 11 is 0. The minimum absolute atomic E-state index is 0.158. The Kier molecular flexibility index (Phi) is 5.95. The minimum Gasteiger partial charge on any atom is -0.480 e. The highest BCUT2D eigenvalue weighted by Gasteiger charge is 2.23. The van der Waals surface area contributed by atoms with E-state index < -0.39 is 5.97 Å². The van der Waals surface area contributed by atoms with Gasteiger partial charge in [-0.15, -0.1) is 0 Å². The molecule has 0 aromatic rings. The third-order valence-electron chi connectivity index (χ3n) is 3.51. The predicted octanol–water partition coefficient (Wildman–Crippen LogP) is 2.03. The molecule has 1 aliphatic heterocycles. The second-order valence-corrected chi connectivity index (χ2v) is 5.11. The van der Waals surface area contributed by atoms with E-state index in [1.165, 1.54) is 24.2 Å². The number of nitrogens with zero attached hydrogens (tertiary/aromatic N) is 2. The van der Waals surface area contributed by atoms with Gasteiger partial charge in [0, 0.05) is 20.1 Å². The van der Waals surface area contributed by atoms with Crippen LogP contribution in [-0.4, -0.2) is 53.6 Å². The second kappa shape index (κ2) is 7.24. The van der Waals surface area contributed by atoms with Gasteiger partial charge in [-0.25, -0.2) is 4.79 Å². The molecule has 18 heavy (non-hydrogen) atoms. The summed E-state index contributed by atoms with van der Waals surface area (Å²) in [4.78, 5) is 25.7. The monoisotopic (exact) mass is 256 g/mol. The van der Waals surface area contributed by atoms with Crippen LogP contribution in [0.5, 0.6) is 0 Å². The van der Waals surface area contributed by atoms with Crippen LogP contribution in [0.2, 0.25) is 0 Å². The van der Waals surface area contributed by atoms with Gasteiger partial charge in [-0.2, -0.15) is 0 Å². The molecule has 1 rings (SSSR count). The Morgan fingerprint density at radius 3 is 2.67 bits per heavy atom. The van der Waals surface area contributed by atoms with Crippen molar-refractivity contribution in [3.63, 3.8) is 0 Å². The highest BCUT2D eigenvalue weighted by molar-refractivity contribution is 5.79. The topological polar surface area (TPSA) is 60.9 Å². The lowest BCUT2D eigenvalue weighted by Crippen LogP contribution is -2.43. The zero-order valence-electron chi connectivity index (χ0n) is 11.4. The molecule has 1 saturated heterocycles. The van der Waals surface area contributed by atoms with Crippen molar-refractivity contribution in [3.8, 4) is 0 Å². The van der Waals surface area contributed by atoms with Crippen LogP contribution in [0.3, 0.4) is 0 Å². The number of likely N-dealkylation sites (N-methyl/N-ethyl adjacent to an activating group) is 1. The lowest BCUT2D eigenvalue weighted by Gasteiger charge is -2.26. The van der Waals surface area contributed by atoms with Crippen LogP contribution in [0.4, 0.5) is 4.79 Å². The minimum atomic E-state index is -0.968. The van der Waals surface area contributed by atoms with Crippen molar-refractivity contribution in [1.82, 2.24) is 9.80 Å². The smallest absolute Gasteiger partial charge is 0.323 e. The zero-order chi connectivity index (χ0) is 13.5. The molecule has 0 aromatic carbocycles. The first-order chi connectivity index (χ1) is 8.54. The molecule has 1 N–H and O–H groups in total. The molecule has 0 aliphatic carbocycles. The van der Waals surface area contributed by atoms with Crippen LogP contribution in [0, 0.1) is 5.92 Å². The molecule has 5 heteroatoms. The van der Waals surface area contributed by atoms with Crippen LogP contribution >= 0.6 is 0 Å². The van der Waals surface area contributed by atoms with Gasteiger partial charge in [0.25, 0.3) is 0 Å². The lowest BCUT2D eigenvalue weighted by molar-refractivity contribution is -0.137. The van der Waals surface area contributed by atoms with Gasteiger partial charge in [0.05, 0.1) is 0 Å². The Balaban J connectivity index is 2.46. The van der Waals surface area contributed by atoms with E-state index in [9.17, 15) is 9.59 Å². The Morgan fingerprint density at radius 1 is 1.33 bits per heavy atom. The Hall–Kier alpha value is -1.26. The SMILES string of the molecule is CCCC1CCCN(C(=O)N(C)CC(=O)O)CC1. The molecule has 2 amide bonds. The van der Waals surface area contributed by atoms with Crippen LogP contribution < -0.4 is 0 Å². The van der Waals surface area contributed by atoms with Crippen LogP contribution in [0.1, 0.15) is 39.0 Å². The van der Waals surface area contributed by atoms with Crippen molar-refractivity contribution in [2.24, 2.45) is 5.92 Å². The highest BCUT2D eigenvalue weighted by Crippen LogP contribution is 2.22. The Labute approximate surface area is 109 Å². The van der Waals surface area contributed by atoms with Gasteiger partial charge in [0.15, 0.2) is 0 Å². The maximum absolute atomic E-state index is 12.0. The number of carbonyl (C=O) groups is 2. The average Bonchev–Trinajstić information content (AvgIpc) is 2.53. The van der Waals surface area contributed by atoms with Crippen molar-refractivity contribution in [2.75, 3.05) is 26.7 Å². The molecule has 1 unspecified atom stereocenters. The quantitative estimate of drug-likeness (QED) is 0.837. The summed E-state index contributed by atoms with van der Waals surface area (Å²) in [5, 5.41) is 8.69. The van der Waals surface area contributed by atoms with Gasteiger partial charge in [0.2, 0.25) is 0 Å². The molecular formula is C13H24N2O3. The molecule has 1 atom stereocenters. The molecule has 1 aliphatic rings. The summed E-state index contributed by atoms with van der Waals surface area (Å²) < 4.78 is 0. The summed E-state index contributed by atoms with van der Waals surface area (Å²) in [6.07, 6.45) is 5.67. The lowest BCUT2D eigenvalue weighted by atomic mass is 9.96. The van der Waals surface area contributed by atoms with Crippen LogP contribution in [-0.2, 0) is 4.79 Å². The molecular weight excluding hydrogens is 232 g/mol. The standard InChI is InChI=1S/C13H24N2O3/c1-3-5-11-6-4-8-15(9-7-11)13(18)14(2)10-12(16)17/h11H,3-10H2,1-2H3,(H,16,17). The molecule has 1 fully saturated rings. The maximum atomic E-state index is 12.0. The zero-order valence-corrected chi connectivity index (χ0v) is 11.4. The molecule has 0 spiro atoms. The molecule has 1 heterocycles. The molecule has 0 saturated carbocycles. The van der Waals surface area contributed by atoms with Crippen molar-refractivity contribution in [2.45, 2.75) is 39.0 Å². The summed E-state index contributed by atoms with van der Waals surface area (Å²) in [5.74, 6) is -0.248. The summed E-state index contributed by atoms with van der Waals surface area (Å²) in [5.41, 5.74) is 0. The van der Waals surface area contributed by atoms with Gasteiger partial charge < -0.3 is 14.9 Å². The number of amides is 2. The number of hydrogen-bond acceptors (Lipinski definition) is 2. The number of carbonyl (C=O) groups excluding carboxylic acids is 1. The summed E-state index contributed by atoms with van der Waals surface area (Å²) in [7, 11) is 1.55. The second-order valence-electron chi connectivity index (χ2n) is 5.11. The fraction of sp³-hybridized carbons (Fsp3) is 0.846. The van der Waals surface area contributed by atoms with E-state index in [-0.39, 0.29) is 12.6 Å². The van der Waals surface area contributed by atoms with E-state index in [4.69, 9.17) is 5.11 Å². The number of hydrogen-bond donors (Lipinski definition) is 1. The number of carboxylic acid groups (broad SMARTS) is 1. The van der Waals surface area contributed by atoms with Crippen molar-refractivity contribution in [1.29, 1.82) is 0 Å². The third kappa shape index (κ3) is 4.55. The van der Waals surface area contributed by atoms with Crippen molar-refractivity contribution in [3.05, 3.63) is 0 Å². The largest absolute Gasteiger partial charge is 0.480 e. The fourth-order valence-corrected chi connectivity index (χ4v) is 2.57. The normalized spacial score (nSPS) is 20.3. The van der Waals surface area contributed by atoms with Crippen LogP contribution in [0.15, 0.2) is 0 Å². The molecule has 0 bridgehead atoms. The van der Waals surface area contributed by atoms with Crippen molar-refractivity contribution < 1.29 is 14.7 Å². The first-order valence-corrected chi connectivity index (χ1v) is 6.76. The molecule has 0 radical (unpaired) electrons. The number of rotatable bonds is 4. The molecule has 0 aromatic heterocycles. The van der Waals surface area contributed by atoms with E-state index in [0.29, 0.717) is 0 Å². The Bertz CT molecular complexity index is 294. The number of likely N-dealkylation sites (tertiary alicyclic amines) is 1. The fourth-order valence-electron chi connectivity index (χ4n) is 2.57. The number of aliphatic carboxylic acids is 1. The molecule has 5 nitrogen and oxygen atoms in total. The Morgan fingerprint density at radius 2 is 2.06 bits per heavy atom. The van der Waals surface area contributed by atoms with E-state index in [1.807, 2.05) is 0 Å².